The van der Waals surface area contributed by atoms with Crippen LogP contribution in [0.4, 0.5) is 0 Å². The predicted octanol–water partition coefficient (Wildman–Crippen LogP) is 1.42. The Balaban J connectivity index is 1.78. The quantitative estimate of drug-likeness (QED) is 0.891. The molecule has 0 spiro atoms. The zero-order chi connectivity index (χ0) is 15.5. The fourth-order valence-electron chi connectivity index (χ4n) is 2.62. The minimum absolute atomic E-state index is 0.187. The molecule has 2 N–H and O–H groups in total. The highest BCUT2D eigenvalue weighted by Gasteiger charge is 2.36. The lowest BCUT2D eigenvalue weighted by Crippen LogP contribution is -2.42. The monoisotopic (exact) mass is 298 g/mol. The van der Waals surface area contributed by atoms with E-state index in [1.807, 2.05) is 25.1 Å². The highest BCUT2D eigenvalue weighted by molar-refractivity contribution is 5.92. The van der Waals surface area contributed by atoms with Gasteiger partial charge in [-0.3, -0.25) is 14.8 Å². The van der Waals surface area contributed by atoms with Crippen LogP contribution in [-0.4, -0.2) is 32.1 Å². The van der Waals surface area contributed by atoms with Crippen LogP contribution in [0, 0.1) is 12.8 Å². The van der Waals surface area contributed by atoms with E-state index >= 15 is 0 Å². The predicted molar refractivity (Wildman–Crippen MR) is 79.9 cm³/mol. The molecule has 2 aromatic heterocycles. The summed E-state index contributed by atoms with van der Waals surface area (Å²) in [5, 5.41) is 12.5. The normalized spacial score (nSPS) is 21.7. The first-order valence-corrected chi connectivity index (χ1v) is 7.32. The summed E-state index contributed by atoms with van der Waals surface area (Å²) in [6, 6.07) is 5.39. The number of hydrogen-bond donors (Lipinski definition) is 2. The van der Waals surface area contributed by atoms with Crippen molar-refractivity contribution in [3.05, 3.63) is 53.9 Å². The van der Waals surface area contributed by atoms with Gasteiger partial charge in [-0.1, -0.05) is 6.07 Å². The first kappa shape index (κ1) is 14.6. The van der Waals surface area contributed by atoms with E-state index in [9.17, 15) is 9.90 Å². The van der Waals surface area contributed by atoms with Crippen molar-refractivity contribution in [3.63, 3.8) is 0 Å². The van der Waals surface area contributed by atoms with Crippen molar-refractivity contribution in [2.24, 2.45) is 5.92 Å². The number of nitrogens with one attached hydrogen (secondary N) is 1. The number of rotatable bonds is 4. The molecule has 2 aromatic rings. The Kier molecular flexibility index (Phi) is 4.11. The van der Waals surface area contributed by atoms with E-state index < -0.39 is 0 Å². The highest BCUT2D eigenvalue weighted by atomic mass is 16.3. The van der Waals surface area contributed by atoms with Crippen molar-refractivity contribution < 1.29 is 9.90 Å². The molecule has 2 heterocycles. The van der Waals surface area contributed by atoms with Gasteiger partial charge in [0.25, 0.3) is 5.91 Å². The molecule has 0 bridgehead atoms. The number of pyridine rings is 1. The number of hydrogen-bond acceptors (Lipinski definition) is 5. The summed E-state index contributed by atoms with van der Waals surface area (Å²) in [5.41, 5.74) is 1.85. The van der Waals surface area contributed by atoms with Crippen molar-refractivity contribution in [2.75, 3.05) is 0 Å². The van der Waals surface area contributed by atoms with E-state index in [2.05, 4.69) is 20.3 Å². The number of amides is 1. The maximum absolute atomic E-state index is 12.4. The van der Waals surface area contributed by atoms with E-state index in [1.54, 1.807) is 12.4 Å². The second-order valence-electron chi connectivity index (χ2n) is 5.63. The molecule has 0 aromatic carbocycles. The maximum Gasteiger partial charge on any atom is 0.272 e. The average molecular weight is 298 g/mol. The Morgan fingerprint density at radius 3 is 2.68 bits per heavy atom. The molecule has 1 saturated carbocycles. The summed E-state index contributed by atoms with van der Waals surface area (Å²) in [7, 11) is 0. The fourth-order valence-corrected chi connectivity index (χ4v) is 2.62. The van der Waals surface area contributed by atoms with Crippen LogP contribution in [0.3, 0.4) is 0 Å². The SMILES string of the molecule is Cc1cnc(C(=O)N[C@@H](c2ccccn2)C2CC(O)C2)cn1. The van der Waals surface area contributed by atoms with Crippen LogP contribution < -0.4 is 5.32 Å². The molecule has 0 aliphatic heterocycles. The maximum atomic E-state index is 12.4. The van der Waals surface area contributed by atoms with Crippen LogP contribution in [0.25, 0.3) is 0 Å². The highest BCUT2D eigenvalue weighted by Crippen LogP contribution is 2.37. The van der Waals surface area contributed by atoms with Crippen molar-refractivity contribution in [2.45, 2.75) is 31.9 Å². The molecule has 0 radical (unpaired) electrons. The van der Waals surface area contributed by atoms with Gasteiger partial charge in [0.15, 0.2) is 0 Å². The number of carbonyl (C=O) groups is 1. The third kappa shape index (κ3) is 3.12. The third-order valence-corrected chi connectivity index (χ3v) is 3.93. The Hall–Kier alpha value is -2.34. The molecule has 1 aliphatic carbocycles. The van der Waals surface area contributed by atoms with Crippen molar-refractivity contribution in [1.82, 2.24) is 20.3 Å². The van der Waals surface area contributed by atoms with Gasteiger partial charge in [0, 0.05) is 12.4 Å². The molecule has 6 heteroatoms. The van der Waals surface area contributed by atoms with E-state index in [4.69, 9.17) is 0 Å². The van der Waals surface area contributed by atoms with Gasteiger partial charge < -0.3 is 10.4 Å². The molecule has 1 atom stereocenters. The lowest BCUT2D eigenvalue weighted by atomic mass is 9.76. The summed E-state index contributed by atoms with van der Waals surface area (Å²) in [4.78, 5) is 24.9. The Morgan fingerprint density at radius 2 is 2.09 bits per heavy atom. The lowest BCUT2D eigenvalue weighted by Gasteiger charge is -2.37. The van der Waals surface area contributed by atoms with Gasteiger partial charge >= 0.3 is 0 Å². The Labute approximate surface area is 128 Å². The van der Waals surface area contributed by atoms with E-state index in [0.717, 1.165) is 11.4 Å². The molecule has 1 fully saturated rings. The van der Waals surface area contributed by atoms with Gasteiger partial charge in [-0.05, 0) is 37.8 Å². The van der Waals surface area contributed by atoms with Crippen molar-refractivity contribution in [3.8, 4) is 0 Å². The van der Waals surface area contributed by atoms with E-state index in [1.165, 1.54) is 6.20 Å². The second kappa shape index (κ2) is 6.19. The summed E-state index contributed by atoms with van der Waals surface area (Å²) >= 11 is 0. The molecule has 0 unspecified atom stereocenters. The minimum Gasteiger partial charge on any atom is -0.393 e. The number of aromatic nitrogens is 3. The van der Waals surface area contributed by atoms with Crippen LogP contribution in [0.1, 0.15) is 40.8 Å². The van der Waals surface area contributed by atoms with Gasteiger partial charge in [0.2, 0.25) is 0 Å². The van der Waals surface area contributed by atoms with Gasteiger partial charge in [-0.25, -0.2) is 4.98 Å². The molecule has 3 rings (SSSR count). The first-order valence-electron chi connectivity index (χ1n) is 7.32. The molecule has 1 amide bonds. The molecular formula is C16H18N4O2. The van der Waals surface area contributed by atoms with Crippen LogP contribution in [0.5, 0.6) is 0 Å². The molecule has 1 aliphatic rings. The van der Waals surface area contributed by atoms with Crippen LogP contribution >= 0.6 is 0 Å². The molecule has 6 nitrogen and oxygen atoms in total. The number of aliphatic hydroxyl groups excluding tert-OH is 1. The zero-order valence-corrected chi connectivity index (χ0v) is 12.3. The number of nitrogens with zero attached hydrogens (tertiary/aromatic N) is 3. The number of aliphatic hydroxyl groups is 1. The van der Waals surface area contributed by atoms with Crippen LogP contribution in [-0.2, 0) is 0 Å². The minimum atomic E-state index is -0.285. The number of aryl methyl sites for hydroxylation is 1. The van der Waals surface area contributed by atoms with Crippen LogP contribution in [0.2, 0.25) is 0 Å². The smallest absolute Gasteiger partial charge is 0.272 e. The summed E-state index contributed by atoms with van der Waals surface area (Å²) in [6.07, 6.45) is 5.79. The van der Waals surface area contributed by atoms with Crippen molar-refractivity contribution in [1.29, 1.82) is 0 Å². The van der Waals surface area contributed by atoms with Gasteiger partial charge in [-0.2, -0.15) is 0 Å². The largest absolute Gasteiger partial charge is 0.393 e. The summed E-state index contributed by atoms with van der Waals surface area (Å²) in [6.45, 7) is 1.82. The van der Waals surface area contributed by atoms with E-state index in [-0.39, 0.29) is 29.7 Å². The number of carbonyl (C=O) groups excluding carboxylic acids is 1. The summed E-state index contributed by atoms with van der Waals surface area (Å²) < 4.78 is 0. The zero-order valence-electron chi connectivity index (χ0n) is 12.3. The van der Waals surface area contributed by atoms with Gasteiger partial charge in [-0.15, -0.1) is 0 Å². The Morgan fingerprint density at radius 1 is 1.27 bits per heavy atom. The molecule has 22 heavy (non-hydrogen) atoms. The fraction of sp³-hybridized carbons (Fsp3) is 0.375. The van der Waals surface area contributed by atoms with Gasteiger partial charge in [0.1, 0.15) is 5.69 Å². The Bertz CT molecular complexity index is 639. The second-order valence-corrected chi connectivity index (χ2v) is 5.63. The molecule has 0 saturated heterocycles. The summed E-state index contributed by atoms with van der Waals surface area (Å²) in [5.74, 6) is -0.0863. The van der Waals surface area contributed by atoms with E-state index in [0.29, 0.717) is 12.8 Å². The standard InChI is InChI=1S/C16H18N4O2/c1-10-8-19-14(9-18-10)16(22)20-15(11-6-12(21)7-11)13-4-2-3-5-17-13/h2-5,8-9,11-12,15,21H,6-7H2,1H3,(H,20,22)/t11?,12?,15-/m1/s1. The molecular weight excluding hydrogens is 280 g/mol. The topological polar surface area (TPSA) is 88.0 Å². The van der Waals surface area contributed by atoms with Crippen molar-refractivity contribution >= 4 is 5.91 Å². The average Bonchev–Trinajstić information content (AvgIpc) is 2.51. The van der Waals surface area contributed by atoms with Gasteiger partial charge in [0.05, 0.1) is 29.7 Å². The van der Waals surface area contributed by atoms with Crippen LogP contribution in [0.15, 0.2) is 36.8 Å². The third-order valence-electron chi connectivity index (χ3n) is 3.93. The first-order chi connectivity index (χ1) is 10.6. The lowest BCUT2D eigenvalue weighted by molar-refractivity contribution is 0.0227. The molecule has 114 valence electrons.